The van der Waals surface area contributed by atoms with Gasteiger partial charge in [-0.05, 0) is 30.9 Å². The van der Waals surface area contributed by atoms with Crippen molar-refractivity contribution in [3.05, 3.63) is 29.8 Å². The van der Waals surface area contributed by atoms with Crippen molar-refractivity contribution in [3.63, 3.8) is 0 Å². The average molecular weight is 289 g/mol. The van der Waals surface area contributed by atoms with E-state index in [4.69, 9.17) is 4.74 Å². The number of hydrogen-bond acceptors (Lipinski definition) is 3. The molecule has 1 unspecified atom stereocenters. The topological polar surface area (TPSA) is 66.8 Å². The Bertz CT molecular complexity index is 579. The molecule has 0 radical (unpaired) electrons. The maximum atomic E-state index is 12.4. The summed E-state index contributed by atoms with van der Waals surface area (Å²) < 4.78 is 5.37. The Hall–Kier alpha value is -2.04. The zero-order valence-corrected chi connectivity index (χ0v) is 12.0. The summed E-state index contributed by atoms with van der Waals surface area (Å²) in [4.78, 5) is 25.4. The van der Waals surface area contributed by atoms with Gasteiger partial charge in [0.2, 0.25) is 5.91 Å². The van der Waals surface area contributed by atoms with E-state index in [1.165, 1.54) is 0 Å². The molecule has 0 bridgehead atoms. The molecular weight excluding hydrogens is 270 g/mol. The number of carboxylic acid groups (broad SMARTS) is 1. The lowest BCUT2D eigenvalue weighted by atomic mass is 9.97. The molecule has 1 atom stereocenters. The first kappa shape index (κ1) is 13.9. The monoisotopic (exact) mass is 289 g/mol. The molecule has 1 saturated heterocycles. The molecule has 21 heavy (non-hydrogen) atoms. The fraction of sp³-hybridized carbons (Fsp3) is 0.500. The summed E-state index contributed by atoms with van der Waals surface area (Å²) in [6.45, 7) is 1.20. The smallest absolute Gasteiger partial charge is 0.319 e. The molecule has 1 heterocycles. The molecule has 2 fully saturated rings. The first-order chi connectivity index (χ1) is 10.1. The number of carbonyl (C=O) groups excluding carboxylic acids is 1. The number of hydrogen-bond donors (Lipinski definition) is 1. The zero-order valence-electron chi connectivity index (χ0n) is 12.0. The maximum absolute atomic E-state index is 12.4. The predicted molar refractivity (Wildman–Crippen MR) is 76.2 cm³/mol. The molecule has 5 nitrogen and oxygen atoms in total. The number of carboxylic acids is 1. The van der Waals surface area contributed by atoms with Crippen LogP contribution in [-0.4, -0.2) is 42.1 Å². The molecule has 3 rings (SSSR count). The minimum Gasteiger partial charge on any atom is -0.496 e. The van der Waals surface area contributed by atoms with E-state index in [1.54, 1.807) is 12.0 Å². The summed E-state index contributed by atoms with van der Waals surface area (Å²) in [5.41, 5.74) is -0.0363. The Kier molecular flexibility index (Phi) is 3.35. The number of amides is 1. The Morgan fingerprint density at radius 1 is 1.33 bits per heavy atom. The molecule has 0 aromatic heterocycles. The van der Waals surface area contributed by atoms with Crippen molar-refractivity contribution >= 4 is 11.9 Å². The van der Waals surface area contributed by atoms with Crippen LogP contribution in [0.1, 0.15) is 30.7 Å². The molecule has 1 aliphatic heterocycles. The quantitative estimate of drug-likeness (QED) is 0.859. The molecule has 1 amide bonds. The molecule has 1 aromatic carbocycles. The Labute approximate surface area is 123 Å². The van der Waals surface area contributed by atoms with E-state index in [2.05, 4.69) is 0 Å². The van der Waals surface area contributed by atoms with Gasteiger partial charge in [-0.25, -0.2) is 0 Å². The van der Waals surface area contributed by atoms with Crippen molar-refractivity contribution in [1.82, 2.24) is 4.90 Å². The molecule has 1 N–H and O–H groups in total. The van der Waals surface area contributed by atoms with E-state index in [1.807, 2.05) is 24.3 Å². The Balaban J connectivity index is 1.74. The summed E-state index contributed by atoms with van der Waals surface area (Å²) in [6, 6.07) is 7.81. The second-order valence-corrected chi connectivity index (χ2v) is 5.87. The molecule has 1 saturated carbocycles. The standard InChI is InChI=1S/C16H19NO4/c1-21-13-5-3-2-4-12(13)11-6-9-17(10-11)14(18)16(7-8-16)15(19)20/h2-5,11H,6-10H2,1H3,(H,19,20). The van der Waals surface area contributed by atoms with Crippen LogP contribution < -0.4 is 4.74 Å². The fourth-order valence-corrected chi connectivity index (χ4v) is 3.15. The van der Waals surface area contributed by atoms with Gasteiger partial charge in [-0.2, -0.15) is 0 Å². The largest absolute Gasteiger partial charge is 0.496 e. The third-order valence-electron chi connectivity index (χ3n) is 4.62. The second-order valence-electron chi connectivity index (χ2n) is 5.87. The van der Waals surface area contributed by atoms with E-state index in [0.717, 1.165) is 17.7 Å². The van der Waals surface area contributed by atoms with Crippen molar-refractivity contribution < 1.29 is 19.4 Å². The van der Waals surface area contributed by atoms with Crippen LogP contribution in [0.25, 0.3) is 0 Å². The number of carbonyl (C=O) groups is 2. The van der Waals surface area contributed by atoms with Gasteiger partial charge in [-0.3, -0.25) is 9.59 Å². The normalized spacial score (nSPS) is 22.9. The number of rotatable bonds is 4. The summed E-state index contributed by atoms with van der Waals surface area (Å²) in [6.07, 6.45) is 1.79. The van der Waals surface area contributed by atoms with Gasteiger partial charge in [0.05, 0.1) is 7.11 Å². The minimum absolute atomic E-state index is 0.215. The number of aliphatic carboxylic acids is 1. The van der Waals surface area contributed by atoms with Gasteiger partial charge in [0.15, 0.2) is 0 Å². The second kappa shape index (κ2) is 5.06. The van der Waals surface area contributed by atoms with Crippen LogP contribution >= 0.6 is 0 Å². The molecule has 1 aromatic rings. The van der Waals surface area contributed by atoms with Gasteiger partial charge in [0.1, 0.15) is 11.2 Å². The number of para-hydroxylation sites is 1. The highest BCUT2D eigenvalue weighted by Crippen LogP contribution is 2.48. The summed E-state index contributed by atoms with van der Waals surface area (Å²) in [5, 5.41) is 9.23. The number of nitrogens with zero attached hydrogens (tertiary/aromatic N) is 1. The number of benzene rings is 1. The number of likely N-dealkylation sites (tertiary alicyclic amines) is 1. The van der Waals surface area contributed by atoms with Crippen LogP contribution in [0, 0.1) is 5.41 Å². The molecule has 112 valence electrons. The molecule has 0 spiro atoms. The van der Waals surface area contributed by atoms with E-state index < -0.39 is 11.4 Å². The third kappa shape index (κ3) is 2.26. The molecule has 1 aliphatic carbocycles. The summed E-state index contributed by atoms with van der Waals surface area (Å²) >= 11 is 0. The predicted octanol–water partition coefficient (Wildman–Crippen LogP) is 1.88. The Morgan fingerprint density at radius 3 is 2.67 bits per heavy atom. The highest BCUT2D eigenvalue weighted by molar-refractivity contribution is 6.04. The SMILES string of the molecule is COc1ccccc1C1CCN(C(=O)C2(C(=O)O)CC2)C1. The van der Waals surface area contributed by atoms with Crippen LogP contribution in [0.2, 0.25) is 0 Å². The van der Waals surface area contributed by atoms with Crippen LogP contribution in [0.4, 0.5) is 0 Å². The van der Waals surface area contributed by atoms with Crippen molar-refractivity contribution in [2.75, 3.05) is 20.2 Å². The van der Waals surface area contributed by atoms with E-state index in [9.17, 15) is 14.7 Å². The lowest BCUT2D eigenvalue weighted by Gasteiger charge is -2.21. The van der Waals surface area contributed by atoms with Crippen LogP contribution in [-0.2, 0) is 9.59 Å². The number of ether oxygens (including phenoxy) is 1. The lowest BCUT2D eigenvalue weighted by molar-refractivity contribution is -0.152. The van der Waals surface area contributed by atoms with Crippen LogP contribution in [0.3, 0.4) is 0 Å². The van der Waals surface area contributed by atoms with Crippen LogP contribution in [0.15, 0.2) is 24.3 Å². The first-order valence-electron chi connectivity index (χ1n) is 7.24. The van der Waals surface area contributed by atoms with E-state index >= 15 is 0 Å². The zero-order chi connectivity index (χ0) is 15.0. The van der Waals surface area contributed by atoms with E-state index in [0.29, 0.717) is 25.9 Å². The van der Waals surface area contributed by atoms with Crippen molar-refractivity contribution in [2.24, 2.45) is 5.41 Å². The summed E-state index contributed by atoms with van der Waals surface area (Å²) in [7, 11) is 1.64. The van der Waals surface area contributed by atoms with Crippen LogP contribution in [0.5, 0.6) is 5.75 Å². The van der Waals surface area contributed by atoms with Gasteiger partial charge < -0.3 is 14.7 Å². The average Bonchev–Trinajstić information content (AvgIpc) is 3.18. The van der Waals surface area contributed by atoms with Crippen molar-refractivity contribution in [3.8, 4) is 5.75 Å². The van der Waals surface area contributed by atoms with E-state index in [-0.39, 0.29) is 11.8 Å². The Morgan fingerprint density at radius 2 is 2.05 bits per heavy atom. The van der Waals surface area contributed by atoms with Gasteiger partial charge >= 0.3 is 5.97 Å². The van der Waals surface area contributed by atoms with Gasteiger partial charge in [-0.1, -0.05) is 18.2 Å². The van der Waals surface area contributed by atoms with Crippen molar-refractivity contribution in [2.45, 2.75) is 25.2 Å². The third-order valence-corrected chi connectivity index (χ3v) is 4.62. The lowest BCUT2D eigenvalue weighted by Crippen LogP contribution is -2.39. The van der Waals surface area contributed by atoms with Crippen molar-refractivity contribution in [1.29, 1.82) is 0 Å². The highest BCUT2D eigenvalue weighted by atomic mass is 16.5. The maximum Gasteiger partial charge on any atom is 0.319 e. The summed E-state index contributed by atoms with van der Waals surface area (Å²) in [5.74, 6) is -0.147. The van der Waals surface area contributed by atoms with Gasteiger partial charge in [0, 0.05) is 19.0 Å². The van der Waals surface area contributed by atoms with Gasteiger partial charge in [0.25, 0.3) is 0 Å². The molecule has 2 aliphatic rings. The molecule has 5 heteroatoms. The minimum atomic E-state index is -1.13. The number of methoxy groups -OCH3 is 1. The fourth-order valence-electron chi connectivity index (χ4n) is 3.15. The van der Waals surface area contributed by atoms with Gasteiger partial charge in [-0.15, -0.1) is 0 Å². The highest BCUT2D eigenvalue weighted by Gasteiger charge is 2.59. The molecular formula is C16H19NO4. The first-order valence-corrected chi connectivity index (χ1v) is 7.24.